The van der Waals surface area contributed by atoms with Gasteiger partial charge in [-0.3, -0.25) is 0 Å². The van der Waals surface area contributed by atoms with Crippen molar-refractivity contribution in [1.29, 1.82) is 0 Å². The van der Waals surface area contributed by atoms with E-state index >= 15 is 0 Å². The van der Waals surface area contributed by atoms with Crippen LogP contribution in [-0.2, 0) is 6.42 Å². The molecule has 1 heterocycles. The first kappa shape index (κ1) is 12.7. The summed E-state index contributed by atoms with van der Waals surface area (Å²) >= 11 is 0. The van der Waals surface area contributed by atoms with Gasteiger partial charge in [0.1, 0.15) is 5.76 Å². The predicted octanol–water partition coefficient (Wildman–Crippen LogP) is 3.48. The van der Waals surface area contributed by atoms with Gasteiger partial charge in [0.2, 0.25) is 0 Å². The summed E-state index contributed by atoms with van der Waals surface area (Å²) < 4.78 is 5.51. The minimum absolute atomic E-state index is 0.368. The number of furan rings is 1. The first-order chi connectivity index (χ1) is 8.10. The summed E-state index contributed by atoms with van der Waals surface area (Å²) in [6.45, 7) is 9.14. The van der Waals surface area contributed by atoms with Crippen LogP contribution in [0.15, 0.2) is 22.8 Å². The second kappa shape index (κ2) is 5.26. The lowest BCUT2D eigenvalue weighted by Crippen LogP contribution is -2.37. The molecule has 1 aromatic rings. The summed E-state index contributed by atoms with van der Waals surface area (Å²) in [5, 5.41) is 3.62. The Hall–Kier alpha value is -0.760. The van der Waals surface area contributed by atoms with Crippen molar-refractivity contribution < 1.29 is 4.42 Å². The molecule has 2 rings (SSSR count). The molecule has 0 amide bonds. The highest BCUT2D eigenvalue weighted by Crippen LogP contribution is 2.47. The van der Waals surface area contributed by atoms with E-state index < -0.39 is 0 Å². The van der Waals surface area contributed by atoms with E-state index in [1.54, 1.807) is 6.26 Å². The fraction of sp³-hybridized carbons (Fsp3) is 0.733. The van der Waals surface area contributed by atoms with E-state index in [9.17, 15) is 0 Å². The molecule has 96 valence electrons. The Bertz CT molecular complexity index is 327. The third-order valence-corrected chi connectivity index (χ3v) is 3.80. The van der Waals surface area contributed by atoms with Gasteiger partial charge in [-0.15, -0.1) is 0 Å². The maximum absolute atomic E-state index is 5.51. The molecule has 1 N–H and O–H groups in total. The van der Waals surface area contributed by atoms with E-state index in [1.165, 1.54) is 12.8 Å². The minimum Gasteiger partial charge on any atom is -0.469 e. The van der Waals surface area contributed by atoms with Crippen LogP contribution >= 0.6 is 0 Å². The van der Waals surface area contributed by atoms with E-state index in [0.717, 1.165) is 37.1 Å². The number of rotatable bonds is 7. The minimum atomic E-state index is 0.368. The second-order valence-corrected chi connectivity index (χ2v) is 6.21. The molecule has 17 heavy (non-hydrogen) atoms. The standard InChI is InChI=1S/C15H25NO/c1-12(2)10-16-11-15(3,13-6-7-13)9-14-5-4-8-17-14/h4-5,8,12-13,16H,6-7,9-11H2,1-3H3. The number of nitrogens with one attached hydrogen (secondary N) is 1. The van der Waals surface area contributed by atoms with Gasteiger partial charge >= 0.3 is 0 Å². The normalized spacial score (nSPS) is 19.5. The molecule has 1 unspecified atom stereocenters. The van der Waals surface area contributed by atoms with Gasteiger partial charge in [-0.05, 0) is 48.8 Å². The molecular weight excluding hydrogens is 210 g/mol. The van der Waals surface area contributed by atoms with Gasteiger partial charge in [-0.2, -0.15) is 0 Å². The Kier molecular flexibility index (Phi) is 3.93. The highest BCUT2D eigenvalue weighted by atomic mass is 16.3. The summed E-state index contributed by atoms with van der Waals surface area (Å²) in [4.78, 5) is 0. The molecule has 1 atom stereocenters. The first-order valence-corrected chi connectivity index (χ1v) is 6.83. The van der Waals surface area contributed by atoms with Gasteiger partial charge < -0.3 is 9.73 Å². The van der Waals surface area contributed by atoms with Gasteiger partial charge in [0, 0.05) is 13.0 Å². The fourth-order valence-corrected chi connectivity index (χ4v) is 2.59. The third-order valence-electron chi connectivity index (χ3n) is 3.80. The molecule has 0 spiro atoms. The summed E-state index contributed by atoms with van der Waals surface area (Å²) in [6, 6.07) is 4.09. The topological polar surface area (TPSA) is 25.2 Å². The van der Waals surface area contributed by atoms with Crippen LogP contribution in [0.4, 0.5) is 0 Å². The smallest absolute Gasteiger partial charge is 0.104 e. The molecule has 1 fully saturated rings. The van der Waals surface area contributed by atoms with E-state index in [0.29, 0.717) is 5.41 Å². The van der Waals surface area contributed by atoms with Crippen LogP contribution in [0.3, 0.4) is 0 Å². The molecule has 2 nitrogen and oxygen atoms in total. The highest BCUT2D eigenvalue weighted by molar-refractivity contribution is 5.05. The Morgan fingerprint density at radius 3 is 2.76 bits per heavy atom. The molecule has 0 aromatic carbocycles. The van der Waals surface area contributed by atoms with Crippen molar-refractivity contribution >= 4 is 0 Å². The number of hydrogen-bond donors (Lipinski definition) is 1. The largest absolute Gasteiger partial charge is 0.469 e. The Morgan fingerprint density at radius 1 is 1.47 bits per heavy atom. The van der Waals surface area contributed by atoms with Crippen molar-refractivity contribution in [2.45, 2.75) is 40.0 Å². The Labute approximate surface area is 105 Å². The van der Waals surface area contributed by atoms with Crippen molar-refractivity contribution in [3.63, 3.8) is 0 Å². The molecule has 1 aliphatic rings. The van der Waals surface area contributed by atoms with E-state index in [2.05, 4.69) is 32.2 Å². The van der Waals surface area contributed by atoms with Gasteiger partial charge in [0.25, 0.3) is 0 Å². The SMILES string of the molecule is CC(C)CNCC(C)(Cc1ccco1)C1CC1. The third kappa shape index (κ3) is 3.60. The molecule has 1 saturated carbocycles. The lowest BCUT2D eigenvalue weighted by Gasteiger charge is -2.29. The van der Waals surface area contributed by atoms with Gasteiger partial charge in [0.15, 0.2) is 0 Å². The first-order valence-electron chi connectivity index (χ1n) is 6.83. The molecule has 1 aromatic heterocycles. The Balaban J connectivity index is 1.90. The molecule has 0 aliphatic heterocycles. The summed E-state index contributed by atoms with van der Waals surface area (Å²) in [7, 11) is 0. The van der Waals surface area contributed by atoms with Crippen molar-refractivity contribution in [2.75, 3.05) is 13.1 Å². The summed E-state index contributed by atoms with van der Waals surface area (Å²) in [6.07, 6.45) is 5.63. The van der Waals surface area contributed by atoms with Crippen LogP contribution < -0.4 is 5.32 Å². The van der Waals surface area contributed by atoms with Crippen LogP contribution in [0.25, 0.3) is 0 Å². The van der Waals surface area contributed by atoms with Gasteiger partial charge in [0.05, 0.1) is 6.26 Å². The van der Waals surface area contributed by atoms with Crippen molar-refractivity contribution in [3.05, 3.63) is 24.2 Å². The quantitative estimate of drug-likeness (QED) is 0.782. The van der Waals surface area contributed by atoms with Crippen molar-refractivity contribution in [3.8, 4) is 0 Å². The van der Waals surface area contributed by atoms with Crippen LogP contribution in [0.5, 0.6) is 0 Å². The predicted molar refractivity (Wildman–Crippen MR) is 71.0 cm³/mol. The van der Waals surface area contributed by atoms with Crippen LogP contribution in [0, 0.1) is 17.3 Å². The van der Waals surface area contributed by atoms with Crippen LogP contribution in [-0.4, -0.2) is 13.1 Å². The highest BCUT2D eigenvalue weighted by Gasteiger charge is 2.41. The monoisotopic (exact) mass is 235 g/mol. The lowest BCUT2D eigenvalue weighted by atomic mass is 9.80. The Morgan fingerprint density at radius 2 is 2.24 bits per heavy atom. The molecule has 2 heteroatoms. The lowest BCUT2D eigenvalue weighted by molar-refractivity contribution is 0.235. The average Bonchev–Trinajstić information content (AvgIpc) is 3.00. The van der Waals surface area contributed by atoms with Gasteiger partial charge in [-0.25, -0.2) is 0 Å². The molecular formula is C15H25NO. The second-order valence-electron chi connectivity index (χ2n) is 6.21. The number of hydrogen-bond acceptors (Lipinski definition) is 2. The fourth-order valence-electron chi connectivity index (χ4n) is 2.59. The zero-order valence-electron chi connectivity index (χ0n) is 11.3. The summed E-state index contributed by atoms with van der Waals surface area (Å²) in [5.74, 6) is 2.74. The van der Waals surface area contributed by atoms with E-state index in [1.807, 2.05) is 6.07 Å². The molecule has 0 saturated heterocycles. The maximum atomic E-state index is 5.51. The van der Waals surface area contributed by atoms with Crippen molar-refractivity contribution in [2.24, 2.45) is 17.3 Å². The van der Waals surface area contributed by atoms with Gasteiger partial charge in [-0.1, -0.05) is 20.8 Å². The molecule has 1 aliphatic carbocycles. The molecule has 0 radical (unpaired) electrons. The summed E-state index contributed by atoms with van der Waals surface area (Å²) in [5.41, 5.74) is 0.368. The average molecular weight is 235 g/mol. The van der Waals surface area contributed by atoms with Crippen molar-refractivity contribution in [1.82, 2.24) is 5.32 Å². The van der Waals surface area contributed by atoms with E-state index in [4.69, 9.17) is 4.42 Å². The van der Waals surface area contributed by atoms with Crippen LogP contribution in [0.1, 0.15) is 39.4 Å². The van der Waals surface area contributed by atoms with E-state index in [-0.39, 0.29) is 0 Å². The van der Waals surface area contributed by atoms with Crippen LogP contribution in [0.2, 0.25) is 0 Å². The zero-order chi connectivity index (χ0) is 12.3. The molecule has 0 bridgehead atoms. The maximum Gasteiger partial charge on any atom is 0.104 e. The zero-order valence-corrected chi connectivity index (χ0v) is 11.3.